The molecule has 1 aromatic carbocycles. The van der Waals surface area contributed by atoms with Crippen LogP contribution in [0.5, 0.6) is 11.5 Å². The van der Waals surface area contributed by atoms with E-state index in [1.165, 1.54) is 13.0 Å². The molecule has 0 spiro atoms. The van der Waals surface area contributed by atoms with Crippen molar-refractivity contribution in [2.45, 2.75) is 26.4 Å². The fourth-order valence-corrected chi connectivity index (χ4v) is 2.02. The monoisotopic (exact) mass is 249 g/mol. The van der Waals surface area contributed by atoms with Gasteiger partial charge in [-0.25, -0.2) is 0 Å². The first kappa shape index (κ1) is 12.4. The van der Waals surface area contributed by atoms with Crippen LogP contribution in [0.1, 0.15) is 25.0 Å². The van der Waals surface area contributed by atoms with Gasteiger partial charge in [-0.2, -0.15) is 0 Å². The van der Waals surface area contributed by atoms with Crippen molar-refractivity contribution in [2.24, 2.45) is 0 Å². The minimum Gasteiger partial charge on any atom is -0.496 e. The summed E-state index contributed by atoms with van der Waals surface area (Å²) in [7, 11) is 1.56. The summed E-state index contributed by atoms with van der Waals surface area (Å²) in [5, 5.41) is 10.7. The summed E-state index contributed by atoms with van der Waals surface area (Å²) in [5.74, 6) is 1.42. The summed E-state index contributed by atoms with van der Waals surface area (Å²) in [6.07, 6.45) is 2.47. The largest absolute Gasteiger partial charge is 0.496 e. The van der Waals surface area contributed by atoms with E-state index in [0.29, 0.717) is 11.3 Å². The van der Waals surface area contributed by atoms with Gasteiger partial charge in [0.25, 0.3) is 0 Å². The number of rotatable bonds is 3. The number of ether oxygens (including phenoxy) is 2. The summed E-state index contributed by atoms with van der Waals surface area (Å²) in [5.41, 5.74) is 1.81. The van der Waals surface area contributed by atoms with Crippen LogP contribution in [-0.4, -0.2) is 18.1 Å². The van der Waals surface area contributed by atoms with Crippen LogP contribution in [-0.2, 0) is 6.42 Å². The first-order chi connectivity index (χ1) is 8.51. The molecule has 5 heteroatoms. The second kappa shape index (κ2) is 4.68. The first-order valence-electron chi connectivity index (χ1n) is 5.71. The molecule has 0 aliphatic carbocycles. The second-order valence-electron chi connectivity index (χ2n) is 4.38. The molecular formula is C13H15NO4. The highest BCUT2D eigenvalue weighted by molar-refractivity contribution is 5.63. The average Bonchev–Trinajstić information content (AvgIpc) is 2.66. The van der Waals surface area contributed by atoms with Crippen LogP contribution in [0.2, 0.25) is 0 Å². The van der Waals surface area contributed by atoms with E-state index in [4.69, 9.17) is 9.47 Å². The molecule has 1 heterocycles. The Kier molecular flexibility index (Phi) is 3.23. The molecule has 0 bridgehead atoms. The van der Waals surface area contributed by atoms with E-state index >= 15 is 0 Å². The van der Waals surface area contributed by atoms with Gasteiger partial charge in [-0.05, 0) is 19.1 Å². The zero-order valence-corrected chi connectivity index (χ0v) is 10.6. The van der Waals surface area contributed by atoms with Crippen molar-refractivity contribution >= 4 is 6.08 Å². The molecule has 5 nitrogen and oxygen atoms in total. The van der Waals surface area contributed by atoms with E-state index in [0.717, 1.165) is 17.7 Å². The minimum atomic E-state index is -0.420. The summed E-state index contributed by atoms with van der Waals surface area (Å²) < 4.78 is 10.9. The maximum absolute atomic E-state index is 10.7. The number of nitro groups is 1. The zero-order valence-electron chi connectivity index (χ0n) is 10.6. The molecule has 0 unspecified atom stereocenters. The molecule has 1 aliphatic heterocycles. The van der Waals surface area contributed by atoms with Gasteiger partial charge in [0.15, 0.2) is 0 Å². The summed E-state index contributed by atoms with van der Waals surface area (Å²) in [6.45, 7) is 3.44. The molecule has 0 N–H and O–H groups in total. The minimum absolute atomic E-state index is 0.0688. The number of benzene rings is 1. The van der Waals surface area contributed by atoms with Crippen molar-refractivity contribution in [2.75, 3.05) is 7.11 Å². The quantitative estimate of drug-likeness (QED) is 0.610. The number of allylic oxidation sites excluding steroid dienone is 1. The van der Waals surface area contributed by atoms with E-state index in [2.05, 4.69) is 0 Å². The van der Waals surface area contributed by atoms with Crippen molar-refractivity contribution in [1.29, 1.82) is 0 Å². The molecule has 96 valence electrons. The lowest BCUT2D eigenvalue weighted by atomic mass is 10.1. The predicted molar refractivity (Wildman–Crippen MR) is 67.4 cm³/mol. The highest BCUT2D eigenvalue weighted by atomic mass is 16.6. The van der Waals surface area contributed by atoms with Crippen LogP contribution in [0.15, 0.2) is 17.8 Å². The highest BCUT2D eigenvalue weighted by Gasteiger charge is 2.21. The molecule has 1 aliphatic rings. The Morgan fingerprint density at radius 2 is 2.33 bits per heavy atom. The Morgan fingerprint density at radius 1 is 1.61 bits per heavy atom. The summed E-state index contributed by atoms with van der Waals surface area (Å²) in [6, 6.07) is 3.68. The van der Waals surface area contributed by atoms with E-state index in [-0.39, 0.29) is 11.8 Å². The molecule has 0 saturated heterocycles. The Hall–Kier alpha value is -2.04. The molecule has 1 aromatic rings. The molecule has 2 rings (SSSR count). The molecule has 18 heavy (non-hydrogen) atoms. The topological polar surface area (TPSA) is 61.6 Å². The molecular weight excluding hydrogens is 234 g/mol. The van der Waals surface area contributed by atoms with E-state index in [9.17, 15) is 10.1 Å². The third-order valence-corrected chi connectivity index (χ3v) is 2.90. The van der Waals surface area contributed by atoms with Gasteiger partial charge < -0.3 is 9.47 Å². The van der Waals surface area contributed by atoms with Crippen LogP contribution < -0.4 is 9.47 Å². The smallest absolute Gasteiger partial charge is 0.243 e. The molecule has 0 radical (unpaired) electrons. The Bertz CT molecular complexity index is 522. The van der Waals surface area contributed by atoms with Gasteiger partial charge >= 0.3 is 0 Å². The van der Waals surface area contributed by atoms with Crippen molar-refractivity contribution in [1.82, 2.24) is 0 Å². The molecule has 1 atom stereocenters. The first-order valence-corrected chi connectivity index (χ1v) is 5.71. The molecule has 0 aromatic heterocycles. The number of fused-ring (bicyclic) bond motifs is 1. The number of nitrogens with zero attached hydrogens (tertiary/aromatic N) is 1. The third kappa shape index (κ3) is 2.30. The molecule has 0 fully saturated rings. The Labute approximate surface area is 105 Å². The van der Waals surface area contributed by atoms with Crippen LogP contribution in [0, 0.1) is 10.1 Å². The van der Waals surface area contributed by atoms with Gasteiger partial charge in [0.2, 0.25) is 5.70 Å². The van der Waals surface area contributed by atoms with Crippen molar-refractivity contribution < 1.29 is 14.4 Å². The zero-order chi connectivity index (χ0) is 13.3. The van der Waals surface area contributed by atoms with Crippen molar-refractivity contribution in [3.8, 4) is 11.5 Å². The van der Waals surface area contributed by atoms with Gasteiger partial charge in [-0.1, -0.05) is 0 Å². The van der Waals surface area contributed by atoms with Gasteiger partial charge in [0.1, 0.15) is 17.6 Å². The highest BCUT2D eigenvalue weighted by Crippen LogP contribution is 2.35. The van der Waals surface area contributed by atoms with E-state index < -0.39 is 4.92 Å². The Morgan fingerprint density at radius 3 is 2.94 bits per heavy atom. The van der Waals surface area contributed by atoms with E-state index in [1.54, 1.807) is 13.2 Å². The van der Waals surface area contributed by atoms with Crippen molar-refractivity contribution in [3.05, 3.63) is 39.1 Å². The van der Waals surface area contributed by atoms with Crippen molar-refractivity contribution in [3.63, 3.8) is 0 Å². The van der Waals surface area contributed by atoms with Gasteiger partial charge in [-0.15, -0.1) is 0 Å². The van der Waals surface area contributed by atoms with Crippen LogP contribution in [0.3, 0.4) is 0 Å². The van der Waals surface area contributed by atoms with Gasteiger partial charge in [0, 0.05) is 30.5 Å². The fourth-order valence-electron chi connectivity index (χ4n) is 2.02. The van der Waals surface area contributed by atoms with Crippen LogP contribution in [0.25, 0.3) is 6.08 Å². The molecule has 0 saturated carbocycles. The lowest BCUT2D eigenvalue weighted by Crippen LogP contribution is -2.05. The molecule has 0 amide bonds. The third-order valence-electron chi connectivity index (χ3n) is 2.90. The summed E-state index contributed by atoms with van der Waals surface area (Å²) in [4.78, 5) is 10.2. The summed E-state index contributed by atoms with van der Waals surface area (Å²) >= 11 is 0. The lowest BCUT2D eigenvalue weighted by Gasteiger charge is -2.08. The second-order valence-corrected chi connectivity index (χ2v) is 4.38. The van der Waals surface area contributed by atoms with E-state index in [1.807, 2.05) is 13.0 Å². The van der Waals surface area contributed by atoms with Gasteiger partial charge in [0.05, 0.1) is 12.0 Å². The fraction of sp³-hybridized carbons (Fsp3) is 0.385. The number of hydrogen-bond acceptors (Lipinski definition) is 4. The maximum atomic E-state index is 10.7. The van der Waals surface area contributed by atoms with Gasteiger partial charge in [-0.3, -0.25) is 10.1 Å². The SMILES string of the molecule is COc1cc2c(cc1/C=C(\C)[N+](=O)[O-])O[C@@H](C)C2. The predicted octanol–water partition coefficient (Wildman–Crippen LogP) is 2.66. The van der Waals surface area contributed by atoms with Crippen LogP contribution >= 0.6 is 0 Å². The van der Waals surface area contributed by atoms with Crippen LogP contribution in [0.4, 0.5) is 0 Å². The number of methoxy groups -OCH3 is 1. The maximum Gasteiger partial charge on any atom is 0.243 e. The number of hydrogen-bond donors (Lipinski definition) is 0. The standard InChI is InChI=1S/C13H15NO4/c1-8(14(15)16)4-10-7-13-11(5-9(2)18-13)6-12(10)17-3/h4,6-7,9H,5H2,1-3H3/b8-4+/t9-/m0/s1. The Balaban J connectivity index is 2.45. The lowest BCUT2D eigenvalue weighted by molar-refractivity contribution is -0.422. The average molecular weight is 249 g/mol. The normalized spacial score (nSPS) is 18.2.